The van der Waals surface area contributed by atoms with Crippen LogP contribution in [0, 0.1) is 5.82 Å². The third kappa shape index (κ3) is 4.57. The van der Waals surface area contributed by atoms with E-state index in [1.165, 1.54) is 38.5 Å². The molecular formula is C17H18FNO6S. The molecule has 2 N–H and O–H groups in total. The van der Waals surface area contributed by atoms with E-state index in [1.807, 2.05) is 0 Å². The van der Waals surface area contributed by atoms with Gasteiger partial charge < -0.3 is 14.6 Å². The number of rotatable bonds is 8. The minimum atomic E-state index is -3.99. The van der Waals surface area contributed by atoms with Gasteiger partial charge in [0, 0.05) is 19.2 Å². The summed E-state index contributed by atoms with van der Waals surface area (Å²) in [5, 5.41) is 9.28. The zero-order chi connectivity index (χ0) is 19.3. The Bertz CT molecular complexity index is 913. The number of methoxy groups -OCH3 is 2. The molecule has 140 valence electrons. The summed E-state index contributed by atoms with van der Waals surface area (Å²) < 4.78 is 51.1. The maximum atomic E-state index is 14.2. The molecule has 9 heteroatoms. The van der Waals surface area contributed by atoms with Crippen molar-refractivity contribution in [3.8, 4) is 16.9 Å². The highest BCUT2D eigenvalue weighted by molar-refractivity contribution is 7.89. The van der Waals surface area contributed by atoms with E-state index < -0.39 is 21.8 Å². The van der Waals surface area contributed by atoms with Crippen molar-refractivity contribution in [3.63, 3.8) is 0 Å². The fourth-order valence-corrected chi connectivity index (χ4v) is 3.33. The lowest BCUT2D eigenvalue weighted by molar-refractivity contribution is 0.0696. The maximum Gasteiger partial charge on any atom is 0.335 e. The van der Waals surface area contributed by atoms with Crippen LogP contribution < -0.4 is 9.46 Å². The number of benzene rings is 2. The third-order valence-corrected chi connectivity index (χ3v) is 4.99. The third-order valence-electron chi connectivity index (χ3n) is 3.55. The van der Waals surface area contributed by atoms with E-state index in [-0.39, 0.29) is 34.7 Å². The molecular weight excluding hydrogens is 365 g/mol. The van der Waals surface area contributed by atoms with Crippen LogP contribution in [0.2, 0.25) is 0 Å². The van der Waals surface area contributed by atoms with Gasteiger partial charge in [-0.1, -0.05) is 0 Å². The van der Waals surface area contributed by atoms with Crippen molar-refractivity contribution in [2.75, 3.05) is 27.4 Å². The fraction of sp³-hybridized carbons (Fsp3) is 0.235. The van der Waals surface area contributed by atoms with Crippen LogP contribution in [-0.4, -0.2) is 46.9 Å². The summed E-state index contributed by atoms with van der Waals surface area (Å²) in [4.78, 5) is 11.1. The van der Waals surface area contributed by atoms with Crippen LogP contribution in [0.15, 0.2) is 41.3 Å². The van der Waals surface area contributed by atoms with Crippen LogP contribution >= 0.6 is 0 Å². The molecule has 0 fully saturated rings. The number of aromatic carboxylic acids is 1. The molecule has 0 amide bonds. The van der Waals surface area contributed by atoms with Crippen LogP contribution in [-0.2, 0) is 14.8 Å². The minimum Gasteiger partial charge on any atom is -0.497 e. The van der Waals surface area contributed by atoms with Crippen molar-refractivity contribution in [3.05, 3.63) is 47.8 Å². The standard InChI is InChI=1S/C17H18FNO6S/c1-24-6-5-19-26(22,23)14-8-11(7-12(9-14)17(20)21)15-10-13(25-2)3-4-16(15)18/h3-4,7-10,19H,5-6H2,1-2H3,(H,20,21). The molecule has 0 unspecified atom stereocenters. The first kappa shape index (κ1) is 19.8. The molecule has 2 rings (SSSR count). The highest BCUT2D eigenvalue weighted by atomic mass is 32.2. The van der Waals surface area contributed by atoms with Gasteiger partial charge in [0.2, 0.25) is 10.0 Å². The number of hydrogen-bond donors (Lipinski definition) is 2. The van der Waals surface area contributed by atoms with Crippen molar-refractivity contribution >= 4 is 16.0 Å². The van der Waals surface area contributed by atoms with Gasteiger partial charge in [-0.05, 0) is 42.0 Å². The van der Waals surface area contributed by atoms with Gasteiger partial charge in [0.25, 0.3) is 0 Å². The summed E-state index contributed by atoms with van der Waals surface area (Å²) in [6.45, 7) is 0.161. The second kappa shape index (κ2) is 8.26. The van der Waals surface area contributed by atoms with E-state index in [9.17, 15) is 22.7 Å². The zero-order valence-corrected chi connectivity index (χ0v) is 15.0. The first-order valence-corrected chi connectivity index (χ1v) is 8.97. The van der Waals surface area contributed by atoms with Crippen LogP contribution in [0.3, 0.4) is 0 Å². The average molecular weight is 383 g/mol. The molecule has 0 saturated heterocycles. The molecule has 0 saturated carbocycles. The summed E-state index contributed by atoms with van der Waals surface area (Å²) >= 11 is 0. The second-order valence-corrected chi connectivity index (χ2v) is 7.05. The van der Waals surface area contributed by atoms with Gasteiger partial charge in [-0.3, -0.25) is 0 Å². The van der Waals surface area contributed by atoms with E-state index in [4.69, 9.17) is 9.47 Å². The Hall–Kier alpha value is -2.49. The SMILES string of the molecule is COCCNS(=O)(=O)c1cc(C(=O)O)cc(-c2cc(OC)ccc2F)c1. The Labute approximate surface area is 150 Å². The Kier molecular flexibility index (Phi) is 6.30. The van der Waals surface area contributed by atoms with Gasteiger partial charge in [-0.2, -0.15) is 0 Å². The average Bonchev–Trinajstić information content (AvgIpc) is 2.61. The Balaban J connectivity index is 2.58. The first-order valence-electron chi connectivity index (χ1n) is 7.49. The Morgan fingerprint density at radius 3 is 2.54 bits per heavy atom. The number of carboxylic acid groups (broad SMARTS) is 1. The lowest BCUT2D eigenvalue weighted by atomic mass is 10.0. The molecule has 7 nitrogen and oxygen atoms in total. The van der Waals surface area contributed by atoms with Crippen molar-refractivity contribution in [2.45, 2.75) is 4.90 Å². The molecule has 0 aliphatic carbocycles. The largest absolute Gasteiger partial charge is 0.497 e. The molecule has 0 bridgehead atoms. The molecule has 0 heterocycles. The van der Waals surface area contributed by atoms with Crippen LogP contribution in [0.25, 0.3) is 11.1 Å². The second-order valence-electron chi connectivity index (χ2n) is 5.29. The molecule has 2 aromatic rings. The van der Waals surface area contributed by atoms with Gasteiger partial charge in [-0.15, -0.1) is 0 Å². The number of hydrogen-bond acceptors (Lipinski definition) is 5. The predicted octanol–water partition coefficient (Wildman–Crippen LogP) is 2.12. The number of sulfonamides is 1. The highest BCUT2D eigenvalue weighted by Gasteiger charge is 2.19. The van der Waals surface area contributed by atoms with Crippen LogP contribution in [0.5, 0.6) is 5.75 Å². The predicted molar refractivity (Wildman–Crippen MR) is 92.4 cm³/mol. The van der Waals surface area contributed by atoms with Crippen molar-refractivity contribution in [1.29, 1.82) is 0 Å². The topological polar surface area (TPSA) is 102 Å². The van der Waals surface area contributed by atoms with E-state index in [0.717, 1.165) is 12.1 Å². The summed E-state index contributed by atoms with van der Waals surface area (Å²) in [5.74, 6) is -1.61. The van der Waals surface area contributed by atoms with E-state index in [2.05, 4.69) is 4.72 Å². The van der Waals surface area contributed by atoms with Crippen molar-refractivity contribution < 1.29 is 32.2 Å². The van der Waals surface area contributed by atoms with Crippen molar-refractivity contribution in [2.24, 2.45) is 0 Å². The smallest absolute Gasteiger partial charge is 0.335 e. The Morgan fingerprint density at radius 1 is 1.19 bits per heavy atom. The molecule has 0 radical (unpaired) electrons. The molecule has 0 spiro atoms. The lowest BCUT2D eigenvalue weighted by Crippen LogP contribution is -2.27. The van der Waals surface area contributed by atoms with Crippen LogP contribution in [0.4, 0.5) is 4.39 Å². The number of ether oxygens (including phenoxy) is 2. The monoisotopic (exact) mass is 383 g/mol. The Morgan fingerprint density at radius 2 is 1.92 bits per heavy atom. The summed E-state index contributed by atoms with van der Waals surface area (Å²) in [7, 11) is -1.17. The van der Waals surface area contributed by atoms with Gasteiger partial charge >= 0.3 is 5.97 Å². The molecule has 2 aromatic carbocycles. The molecule has 0 aliphatic rings. The van der Waals surface area contributed by atoms with E-state index in [1.54, 1.807) is 0 Å². The number of halogens is 1. The lowest BCUT2D eigenvalue weighted by Gasteiger charge is -2.11. The fourth-order valence-electron chi connectivity index (χ4n) is 2.25. The summed E-state index contributed by atoms with van der Waals surface area (Å²) in [5.41, 5.74) is -0.147. The summed E-state index contributed by atoms with van der Waals surface area (Å²) in [6, 6.07) is 7.36. The summed E-state index contributed by atoms with van der Waals surface area (Å²) in [6.07, 6.45) is 0. The van der Waals surface area contributed by atoms with E-state index in [0.29, 0.717) is 5.75 Å². The quantitative estimate of drug-likeness (QED) is 0.677. The molecule has 0 atom stereocenters. The molecule has 0 aromatic heterocycles. The van der Waals surface area contributed by atoms with Gasteiger partial charge in [0.15, 0.2) is 0 Å². The van der Waals surface area contributed by atoms with Gasteiger partial charge in [0.1, 0.15) is 11.6 Å². The molecule has 0 aliphatic heterocycles. The maximum absolute atomic E-state index is 14.2. The number of carboxylic acids is 1. The number of carbonyl (C=O) groups is 1. The van der Waals surface area contributed by atoms with Gasteiger partial charge in [0.05, 0.1) is 24.2 Å². The number of nitrogens with one attached hydrogen (secondary N) is 1. The molecule has 26 heavy (non-hydrogen) atoms. The minimum absolute atomic E-state index is 0.0129. The van der Waals surface area contributed by atoms with Crippen LogP contribution in [0.1, 0.15) is 10.4 Å². The normalized spacial score (nSPS) is 11.3. The van der Waals surface area contributed by atoms with Crippen molar-refractivity contribution in [1.82, 2.24) is 4.72 Å². The van der Waals surface area contributed by atoms with E-state index >= 15 is 0 Å². The zero-order valence-electron chi connectivity index (χ0n) is 14.2. The first-order chi connectivity index (χ1) is 12.3. The van der Waals surface area contributed by atoms with Gasteiger partial charge in [-0.25, -0.2) is 22.3 Å². The highest BCUT2D eigenvalue weighted by Crippen LogP contribution is 2.30.